The van der Waals surface area contributed by atoms with E-state index in [1.807, 2.05) is 0 Å². The Morgan fingerprint density at radius 3 is 3.18 bits per heavy atom. The van der Waals surface area contributed by atoms with Gasteiger partial charge in [-0.05, 0) is 30.5 Å². The second kappa shape index (κ2) is 4.67. The fourth-order valence-electron chi connectivity index (χ4n) is 2.81. The number of anilines is 1. The molecule has 1 N–H and O–H groups in total. The number of fused-ring (bicyclic) bond motifs is 1. The van der Waals surface area contributed by atoms with Crippen LogP contribution in [0.5, 0.6) is 0 Å². The monoisotopic (exact) mass is 232 g/mol. The van der Waals surface area contributed by atoms with Gasteiger partial charge >= 0.3 is 0 Å². The van der Waals surface area contributed by atoms with Gasteiger partial charge in [-0.2, -0.15) is 0 Å². The Morgan fingerprint density at radius 1 is 1.47 bits per heavy atom. The highest BCUT2D eigenvalue weighted by atomic mass is 16.5. The molecule has 2 aliphatic rings. The Morgan fingerprint density at radius 2 is 2.41 bits per heavy atom. The lowest BCUT2D eigenvalue weighted by Crippen LogP contribution is -2.34. The molecule has 1 aromatic carbocycles. The van der Waals surface area contributed by atoms with Crippen LogP contribution >= 0.6 is 0 Å². The van der Waals surface area contributed by atoms with Gasteiger partial charge in [-0.25, -0.2) is 0 Å². The lowest BCUT2D eigenvalue weighted by molar-refractivity contribution is 0.0769. The normalized spacial score (nSPS) is 23.8. The smallest absolute Gasteiger partial charge is 0.0662 e. The van der Waals surface area contributed by atoms with E-state index in [1.54, 1.807) is 0 Å². The first-order valence-electron chi connectivity index (χ1n) is 6.57. The summed E-state index contributed by atoms with van der Waals surface area (Å²) in [4.78, 5) is 2.45. The first-order valence-corrected chi connectivity index (χ1v) is 6.57. The van der Waals surface area contributed by atoms with Crippen molar-refractivity contribution in [3.63, 3.8) is 0 Å². The third-order valence-electron chi connectivity index (χ3n) is 3.80. The summed E-state index contributed by atoms with van der Waals surface area (Å²) in [5.41, 5.74) is 4.30. The fourth-order valence-corrected chi connectivity index (χ4v) is 2.81. The van der Waals surface area contributed by atoms with Crippen molar-refractivity contribution in [2.24, 2.45) is 0 Å². The Labute approximate surface area is 103 Å². The van der Waals surface area contributed by atoms with Crippen LogP contribution in [0.15, 0.2) is 18.2 Å². The number of morpholine rings is 1. The molecule has 3 heteroatoms. The molecule has 0 radical (unpaired) electrons. The maximum absolute atomic E-state index is 5.53. The largest absolute Gasteiger partial charge is 0.378 e. The van der Waals surface area contributed by atoms with Gasteiger partial charge in [-0.3, -0.25) is 0 Å². The molecule has 0 bridgehead atoms. The number of ether oxygens (including phenoxy) is 1. The summed E-state index contributed by atoms with van der Waals surface area (Å²) in [6.45, 7) is 7.10. The summed E-state index contributed by atoms with van der Waals surface area (Å²) < 4.78 is 5.53. The summed E-state index contributed by atoms with van der Waals surface area (Å²) in [5, 5.41) is 3.51. The van der Waals surface area contributed by atoms with Crippen LogP contribution in [0.2, 0.25) is 0 Å². The summed E-state index contributed by atoms with van der Waals surface area (Å²) in [5.74, 6) is 0. The lowest BCUT2D eigenvalue weighted by atomic mass is 10.0. The van der Waals surface area contributed by atoms with Gasteiger partial charge in [0.05, 0.1) is 19.3 Å². The molecule has 0 spiro atoms. The molecule has 0 saturated carbocycles. The van der Waals surface area contributed by atoms with Crippen LogP contribution < -0.4 is 10.2 Å². The van der Waals surface area contributed by atoms with E-state index in [9.17, 15) is 0 Å². The number of nitrogens with zero attached hydrogens (tertiary/aromatic N) is 1. The van der Waals surface area contributed by atoms with Crippen molar-refractivity contribution in [1.82, 2.24) is 5.32 Å². The molecule has 1 aromatic rings. The van der Waals surface area contributed by atoms with Crippen molar-refractivity contribution in [3.05, 3.63) is 29.3 Å². The van der Waals surface area contributed by atoms with E-state index in [2.05, 4.69) is 35.3 Å². The van der Waals surface area contributed by atoms with Crippen molar-refractivity contribution in [2.45, 2.75) is 19.4 Å². The number of rotatable bonds is 2. The summed E-state index contributed by atoms with van der Waals surface area (Å²) in [6.07, 6.45) is 1.19. The van der Waals surface area contributed by atoms with Gasteiger partial charge in [0.2, 0.25) is 0 Å². The van der Waals surface area contributed by atoms with E-state index in [1.165, 1.54) is 29.8 Å². The maximum atomic E-state index is 5.53. The van der Waals surface area contributed by atoms with Crippen LogP contribution in [0.3, 0.4) is 0 Å². The molecule has 0 unspecified atom stereocenters. The zero-order valence-corrected chi connectivity index (χ0v) is 10.4. The first kappa shape index (κ1) is 11.1. The van der Waals surface area contributed by atoms with Crippen molar-refractivity contribution in [1.29, 1.82) is 0 Å². The molecular weight excluding hydrogens is 212 g/mol. The Bertz CT molecular complexity index is 399. The number of hydrogen-bond donors (Lipinski definition) is 1. The minimum absolute atomic E-state index is 0.379. The molecule has 1 saturated heterocycles. The number of benzene rings is 1. The molecule has 0 aromatic heterocycles. The predicted molar refractivity (Wildman–Crippen MR) is 69.6 cm³/mol. The van der Waals surface area contributed by atoms with Gasteiger partial charge in [-0.1, -0.05) is 12.1 Å². The zero-order valence-electron chi connectivity index (χ0n) is 10.4. The zero-order chi connectivity index (χ0) is 11.7. The second-order valence-electron chi connectivity index (χ2n) is 4.80. The molecule has 92 valence electrons. The van der Waals surface area contributed by atoms with Crippen LogP contribution in [0.4, 0.5) is 5.69 Å². The van der Waals surface area contributed by atoms with Gasteiger partial charge in [0.25, 0.3) is 0 Å². The summed E-state index contributed by atoms with van der Waals surface area (Å²) in [6, 6.07) is 7.26. The predicted octanol–water partition coefficient (Wildman–Crippen LogP) is 1.73. The molecule has 0 aliphatic carbocycles. The Hall–Kier alpha value is -1.06. The highest BCUT2D eigenvalue weighted by Crippen LogP contribution is 2.30. The van der Waals surface area contributed by atoms with Crippen molar-refractivity contribution in [3.8, 4) is 0 Å². The van der Waals surface area contributed by atoms with E-state index in [-0.39, 0.29) is 0 Å². The molecule has 1 atom stereocenters. The van der Waals surface area contributed by atoms with Crippen LogP contribution in [-0.2, 0) is 11.2 Å². The van der Waals surface area contributed by atoms with E-state index in [4.69, 9.17) is 4.74 Å². The standard InChI is InChI=1S/C14H20N2O/c1-2-16-7-5-12-9-11(3-4-14(12)16)13-10-17-8-6-15-13/h3-4,9,13,15H,2,5-8,10H2,1H3/t13-/m0/s1. The highest BCUT2D eigenvalue weighted by molar-refractivity contribution is 5.59. The van der Waals surface area contributed by atoms with Crippen molar-refractivity contribution >= 4 is 5.69 Å². The van der Waals surface area contributed by atoms with E-state index >= 15 is 0 Å². The van der Waals surface area contributed by atoms with Crippen LogP contribution in [-0.4, -0.2) is 32.8 Å². The molecule has 1 fully saturated rings. The average Bonchev–Trinajstić information content (AvgIpc) is 2.81. The molecule has 0 amide bonds. The third-order valence-corrected chi connectivity index (χ3v) is 3.80. The van der Waals surface area contributed by atoms with E-state index in [0.717, 1.165) is 26.3 Å². The van der Waals surface area contributed by atoms with E-state index < -0.39 is 0 Å². The molecular formula is C14H20N2O. The van der Waals surface area contributed by atoms with Crippen LogP contribution in [0.1, 0.15) is 24.1 Å². The molecule has 3 nitrogen and oxygen atoms in total. The fraction of sp³-hybridized carbons (Fsp3) is 0.571. The van der Waals surface area contributed by atoms with Crippen molar-refractivity contribution < 1.29 is 4.74 Å². The SMILES string of the molecule is CCN1CCc2cc([C@@H]3COCCN3)ccc21. The summed E-state index contributed by atoms with van der Waals surface area (Å²) in [7, 11) is 0. The average molecular weight is 232 g/mol. The minimum Gasteiger partial charge on any atom is -0.378 e. The van der Waals surface area contributed by atoms with Crippen LogP contribution in [0.25, 0.3) is 0 Å². The second-order valence-corrected chi connectivity index (χ2v) is 4.80. The molecule has 2 heterocycles. The quantitative estimate of drug-likeness (QED) is 0.840. The topological polar surface area (TPSA) is 24.5 Å². The highest BCUT2D eigenvalue weighted by Gasteiger charge is 2.21. The molecule has 17 heavy (non-hydrogen) atoms. The lowest BCUT2D eigenvalue weighted by Gasteiger charge is -2.25. The Balaban J connectivity index is 1.84. The molecule has 2 aliphatic heterocycles. The van der Waals surface area contributed by atoms with Crippen LogP contribution in [0, 0.1) is 0 Å². The first-order chi connectivity index (χ1) is 8.38. The van der Waals surface area contributed by atoms with Crippen molar-refractivity contribution in [2.75, 3.05) is 37.7 Å². The Kier molecular flexibility index (Phi) is 3.04. The van der Waals surface area contributed by atoms with Gasteiger partial charge < -0.3 is 15.0 Å². The number of hydrogen-bond acceptors (Lipinski definition) is 3. The number of likely N-dealkylation sites (N-methyl/N-ethyl adjacent to an activating group) is 1. The van der Waals surface area contributed by atoms with E-state index in [0.29, 0.717) is 6.04 Å². The van der Waals surface area contributed by atoms with Gasteiger partial charge in [0.1, 0.15) is 0 Å². The van der Waals surface area contributed by atoms with Gasteiger partial charge in [-0.15, -0.1) is 0 Å². The number of nitrogens with one attached hydrogen (secondary N) is 1. The van der Waals surface area contributed by atoms with Gasteiger partial charge in [0, 0.05) is 25.3 Å². The maximum Gasteiger partial charge on any atom is 0.0662 e. The minimum atomic E-state index is 0.379. The van der Waals surface area contributed by atoms with Gasteiger partial charge in [0.15, 0.2) is 0 Å². The summed E-state index contributed by atoms with van der Waals surface area (Å²) >= 11 is 0. The third kappa shape index (κ3) is 2.05. The molecule has 3 rings (SSSR count).